The lowest BCUT2D eigenvalue weighted by Crippen LogP contribution is -2.41. The number of thiocarbonyl (C=S) groups is 1. The highest BCUT2D eigenvalue weighted by Gasteiger charge is 2.24. The van der Waals surface area contributed by atoms with Crippen molar-refractivity contribution in [3.05, 3.63) is 40.7 Å². The molecule has 0 unspecified atom stereocenters. The molecule has 1 aliphatic rings. The van der Waals surface area contributed by atoms with E-state index in [1.807, 2.05) is 29.6 Å². The maximum atomic E-state index is 6.09. The molecule has 1 saturated heterocycles. The zero-order valence-corrected chi connectivity index (χ0v) is 17.6. The van der Waals surface area contributed by atoms with Gasteiger partial charge in [0.2, 0.25) is 5.82 Å². The number of halogens is 1. The number of tetrazole rings is 1. The Balaban J connectivity index is 1.36. The summed E-state index contributed by atoms with van der Waals surface area (Å²) < 4.78 is 5.37. The summed E-state index contributed by atoms with van der Waals surface area (Å²) in [5, 5.41) is 19.5. The molecule has 1 aromatic carbocycles. The monoisotopic (exact) mass is 434 g/mol. The first kappa shape index (κ1) is 19.1. The van der Waals surface area contributed by atoms with Crippen LogP contribution in [-0.4, -0.2) is 50.4 Å². The summed E-state index contributed by atoms with van der Waals surface area (Å²) in [5.74, 6) is 1.39. The number of rotatable bonds is 4. The second kappa shape index (κ2) is 8.42. The van der Waals surface area contributed by atoms with Gasteiger partial charge >= 0.3 is 0 Å². The molecule has 0 atom stereocenters. The van der Waals surface area contributed by atoms with E-state index in [4.69, 9.17) is 28.6 Å². The topological polar surface area (TPSA) is 68.1 Å². The van der Waals surface area contributed by atoms with E-state index >= 15 is 0 Å². The number of hydrogen-bond acceptors (Lipinski definition) is 6. The van der Waals surface area contributed by atoms with Crippen LogP contribution in [0.1, 0.15) is 18.9 Å². The van der Waals surface area contributed by atoms with Crippen molar-refractivity contribution in [2.75, 3.05) is 25.5 Å². The minimum atomic E-state index is 0.223. The predicted octanol–water partition coefficient (Wildman–Crippen LogP) is 4.10. The highest BCUT2D eigenvalue weighted by atomic mass is 35.5. The Morgan fingerprint density at radius 3 is 2.86 bits per heavy atom. The predicted molar refractivity (Wildman–Crippen MR) is 115 cm³/mol. The minimum Gasteiger partial charge on any atom is -0.495 e. The summed E-state index contributed by atoms with van der Waals surface area (Å²) in [6.45, 7) is 1.63. The number of benzene rings is 1. The Hall–Kier alpha value is -2.23. The molecule has 0 bridgehead atoms. The molecule has 4 rings (SSSR count). The van der Waals surface area contributed by atoms with Crippen LogP contribution in [0.4, 0.5) is 5.69 Å². The Bertz CT molecular complexity index is 953. The Kier molecular flexibility index (Phi) is 5.74. The summed E-state index contributed by atoms with van der Waals surface area (Å²) >= 11 is 13.3. The fourth-order valence-electron chi connectivity index (χ4n) is 3.16. The number of hydrogen-bond donors (Lipinski definition) is 1. The molecule has 3 heterocycles. The van der Waals surface area contributed by atoms with Crippen LogP contribution in [0.5, 0.6) is 5.75 Å². The van der Waals surface area contributed by atoms with Gasteiger partial charge in [0.15, 0.2) is 5.11 Å². The SMILES string of the molecule is COc1ccc(Cl)cc1NC(=S)N1CCC(n2nnc(-c3cccs3)n2)CC1. The highest BCUT2D eigenvalue weighted by molar-refractivity contribution is 7.80. The normalized spacial score (nSPS) is 14.9. The van der Waals surface area contributed by atoms with Gasteiger partial charge in [-0.05, 0) is 59.9 Å². The van der Waals surface area contributed by atoms with Crippen molar-refractivity contribution in [3.63, 3.8) is 0 Å². The molecule has 1 fully saturated rings. The first-order valence-corrected chi connectivity index (χ1v) is 10.5. The van der Waals surface area contributed by atoms with Crippen LogP contribution in [0.3, 0.4) is 0 Å². The average molecular weight is 435 g/mol. The number of aromatic nitrogens is 4. The fraction of sp³-hybridized carbons (Fsp3) is 0.333. The lowest BCUT2D eigenvalue weighted by Gasteiger charge is -2.33. The number of nitrogens with one attached hydrogen (secondary N) is 1. The maximum Gasteiger partial charge on any atom is 0.214 e. The molecule has 146 valence electrons. The van der Waals surface area contributed by atoms with Crippen LogP contribution < -0.4 is 10.1 Å². The number of anilines is 1. The van der Waals surface area contributed by atoms with E-state index in [9.17, 15) is 0 Å². The van der Waals surface area contributed by atoms with Crippen LogP contribution in [0, 0.1) is 0 Å². The van der Waals surface area contributed by atoms with Crippen LogP contribution in [0.25, 0.3) is 10.7 Å². The molecule has 2 aromatic heterocycles. The van der Waals surface area contributed by atoms with E-state index in [0.717, 1.165) is 36.5 Å². The second-order valence-electron chi connectivity index (χ2n) is 6.40. The molecule has 1 aliphatic heterocycles. The smallest absolute Gasteiger partial charge is 0.214 e. The van der Waals surface area contributed by atoms with E-state index < -0.39 is 0 Å². The molecular weight excluding hydrogens is 416 g/mol. The maximum absolute atomic E-state index is 6.09. The Morgan fingerprint density at radius 1 is 1.32 bits per heavy atom. The molecule has 0 amide bonds. The van der Waals surface area contributed by atoms with E-state index in [0.29, 0.717) is 21.7 Å². The first-order chi connectivity index (χ1) is 13.6. The molecule has 0 saturated carbocycles. The number of methoxy groups -OCH3 is 1. The van der Waals surface area contributed by atoms with Gasteiger partial charge in [-0.3, -0.25) is 0 Å². The number of ether oxygens (including phenoxy) is 1. The van der Waals surface area contributed by atoms with Crippen LogP contribution >= 0.6 is 35.2 Å². The van der Waals surface area contributed by atoms with Gasteiger partial charge in [0.05, 0.1) is 23.7 Å². The lowest BCUT2D eigenvalue weighted by molar-refractivity contribution is 0.238. The van der Waals surface area contributed by atoms with Gasteiger partial charge in [0, 0.05) is 18.1 Å². The van der Waals surface area contributed by atoms with Crippen LogP contribution in [0.15, 0.2) is 35.7 Å². The number of nitrogens with zero attached hydrogens (tertiary/aromatic N) is 5. The fourth-order valence-corrected chi connectivity index (χ4v) is 4.27. The van der Waals surface area contributed by atoms with Crippen molar-refractivity contribution in [2.24, 2.45) is 0 Å². The lowest BCUT2D eigenvalue weighted by atomic mass is 10.1. The third-order valence-electron chi connectivity index (χ3n) is 4.65. The van der Waals surface area contributed by atoms with Gasteiger partial charge < -0.3 is 15.0 Å². The highest BCUT2D eigenvalue weighted by Crippen LogP contribution is 2.29. The van der Waals surface area contributed by atoms with E-state index in [1.165, 1.54) is 0 Å². The second-order valence-corrected chi connectivity index (χ2v) is 8.17. The molecule has 7 nitrogen and oxygen atoms in total. The van der Waals surface area contributed by atoms with Crippen molar-refractivity contribution in [1.29, 1.82) is 0 Å². The number of thiophene rings is 1. The van der Waals surface area contributed by atoms with Crippen molar-refractivity contribution in [1.82, 2.24) is 25.1 Å². The van der Waals surface area contributed by atoms with Crippen molar-refractivity contribution in [2.45, 2.75) is 18.9 Å². The summed E-state index contributed by atoms with van der Waals surface area (Å²) in [7, 11) is 1.62. The summed E-state index contributed by atoms with van der Waals surface area (Å²) in [4.78, 5) is 4.91. The van der Waals surface area contributed by atoms with Gasteiger partial charge in [-0.1, -0.05) is 17.7 Å². The summed E-state index contributed by atoms with van der Waals surface area (Å²) in [6, 6.07) is 9.63. The van der Waals surface area contributed by atoms with Crippen LogP contribution in [-0.2, 0) is 0 Å². The molecule has 3 aromatic rings. The third kappa shape index (κ3) is 4.11. The van der Waals surface area contributed by atoms with Gasteiger partial charge in [0.25, 0.3) is 0 Å². The summed E-state index contributed by atoms with van der Waals surface area (Å²) in [6.07, 6.45) is 1.80. The van der Waals surface area contributed by atoms with Gasteiger partial charge in [-0.2, -0.15) is 4.80 Å². The summed E-state index contributed by atoms with van der Waals surface area (Å²) in [5.41, 5.74) is 0.764. The zero-order chi connectivity index (χ0) is 19.5. The Morgan fingerprint density at radius 2 is 2.14 bits per heavy atom. The molecule has 0 aliphatic carbocycles. The largest absolute Gasteiger partial charge is 0.495 e. The molecule has 10 heteroatoms. The standard InChI is InChI=1S/C18H19ClN6OS2/c1-26-15-5-4-12(19)11-14(15)20-18(27)24-8-6-13(7-9-24)25-22-17(21-23-25)16-3-2-10-28-16/h2-5,10-11,13H,6-9H2,1H3,(H,20,27). The molecule has 28 heavy (non-hydrogen) atoms. The number of piperidine rings is 1. The van der Waals surface area contributed by atoms with Crippen molar-refractivity contribution < 1.29 is 4.74 Å². The quantitative estimate of drug-likeness (QED) is 0.620. The van der Waals surface area contributed by atoms with Gasteiger partial charge in [-0.15, -0.1) is 21.5 Å². The molecular formula is C18H19ClN6OS2. The van der Waals surface area contributed by atoms with E-state index in [1.54, 1.807) is 29.3 Å². The number of likely N-dealkylation sites (tertiary alicyclic amines) is 1. The van der Waals surface area contributed by atoms with Crippen molar-refractivity contribution >= 4 is 46.0 Å². The minimum absolute atomic E-state index is 0.223. The third-order valence-corrected chi connectivity index (χ3v) is 6.11. The van der Waals surface area contributed by atoms with E-state index in [2.05, 4.69) is 25.6 Å². The van der Waals surface area contributed by atoms with Crippen LogP contribution in [0.2, 0.25) is 5.02 Å². The van der Waals surface area contributed by atoms with Crippen molar-refractivity contribution in [3.8, 4) is 16.5 Å². The van der Waals surface area contributed by atoms with Gasteiger partial charge in [0.1, 0.15) is 5.75 Å². The molecule has 0 radical (unpaired) electrons. The first-order valence-electron chi connectivity index (χ1n) is 8.87. The average Bonchev–Trinajstić information content (AvgIpc) is 3.40. The van der Waals surface area contributed by atoms with E-state index in [-0.39, 0.29) is 6.04 Å². The zero-order valence-electron chi connectivity index (χ0n) is 15.2. The van der Waals surface area contributed by atoms with Gasteiger partial charge in [-0.25, -0.2) is 0 Å². The molecule has 0 spiro atoms. The molecule has 1 N–H and O–H groups in total. The Labute approximate surface area is 177 Å².